The SMILES string of the molecule is CCC(=O)Nc1cc(S(=O)(=O)N[C@H](C)c2ccc(SC)cc2)ccc1OC. The first-order chi connectivity index (χ1) is 12.8. The number of anilines is 1. The van der Waals surface area contributed by atoms with Gasteiger partial charge in [-0.25, -0.2) is 13.1 Å². The zero-order valence-corrected chi connectivity index (χ0v) is 17.4. The molecule has 8 heteroatoms. The molecule has 1 amide bonds. The molecule has 2 N–H and O–H groups in total. The Kier molecular flexibility index (Phi) is 7.29. The van der Waals surface area contributed by atoms with Crippen molar-refractivity contribution in [3.63, 3.8) is 0 Å². The lowest BCUT2D eigenvalue weighted by Gasteiger charge is -2.16. The van der Waals surface area contributed by atoms with Gasteiger partial charge in [0.2, 0.25) is 15.9 Å². The molecular formula is C19H24N2O4S2. The van der Waals surface area contributed by atoms with Crippen LogP contribution in [-0.4, -0.2) is 27.7 Å². The largest absolute Gasteiger partial charge is 0.495 e. The van der Waals surface area contributed by atoms with Gasteiger partial charge in [-0.15, -0.1) is 11.8 Å². The lowest BCUT2D eigenvalue weighted by atomic mass is 10.1. The zero-order valence-electron chi connectivity index (χ0n) is 15.8. The fourth-order valence-corrected chi connectivity index (χ4v) is 4.12. The number of hydrogen-bond donors (Lipinski definition) is 2. The third kappa shape index (κ3) is 5.47. The minimum Gasteiger partial charge on any atom is -0.495 e. The van der Waals surface area contributed by atoms with Crippen LogP contribution in [0.4, 0.5) is 5.69 Å². The Morgan fingerprint density at radius 2 is 1.85 bits per heavy atom. The van der Waals surface area contributed by atoms with Gasteiger partial charge in [-0.05, 0) is 49.1 Å². The summed E-state index contributed by atoms with van der Waals surface area (Å²) in [6.45, 7) is 3.50. The number of amides is 1. The number of ether oxygens (including phenoxy) is 1. The van der Waals surface area contributed by atoms with Crippen molar-refractivity contribution in [1.82, 2.24) is 4.72 Å². The highest BCUT2D eigenvalue weighted by Gasteiger charge is 2.20. The van der Waals surface area contributed by atoms with Crippen LogP contribution in [-0.2, 0) is 14.8 Å². The molecule has 146 valence electrons. The predicted octanol–water partition coefficient (Wildman–Crippen LogP) is 3.81. The van der Waals surface area contributed by atoms with Gasteiger partial charge in [0.15, 0.2) is 0 Å². The highest BCUT2D eigenvalue weighted by atomic mass is 32.2. The number of methoxy groups -OCH3 is 1. The van der Waals surface area contributed by atoms with Gasteiger partial charge < -0.3 is 10.1 Å². The van der Waals surface area contributed by atoms with E-state index >= 15 is 0 Å². The van der Waals surface area contributed by atoms with E-state index in [1.54, 1.807) is 25.6 Å². The number of nitrogens with one attached hydrogen (secondary N) is 2. The van der Waals surface area contributed by atoms with E-state index in [9.17, 15) is 13.2 Å². The molecule has 0 fully saturated rings. The van der Waals surface area contributed by atoms with Gasteiger partial charge in [0.25, 0.3) is 0 Å². The van der Waals surface area contributed by atoms with E-state index in [0.29, 0.717) is 11.4 Å². The van der Waals surface area contributed by atoms with E-state index in [0.717, 1.165) is 10.5 Å². The quantitative estimate of drug-likeness (QED) is 0.649. The van der Waals surface area contributed by atoms with E-state index < -0.39 is 16.1 Å². The van der Waals surface area contributed by atoms with Crippen LogP contribution in [0.25, 0.3) is 0 Å². The Hall–Kier alpha value is -2.03. The number of carbonyl (C=O) groups is 1. The topological polar surface area (TPSA) is 84.5 Å². The molecule has 0 heterocycles. The normalized spacial score (nSPS) is 12.4. The van der Waals surface area contributed by atoms with Crippen LogP contribution in [0.15, 0.2) is 52.3 Å². The number of carbonyl (C=O) groups excluding carboxylic acids is 1. The summed E-state index contributed by atoms with van der Waals surface area (Å²) in [6, 6.07) is 11.7. The maximum absolute atomic E-state index is 12.8. The lowest BCUT2D eigenvalue weighted by Crippen LogP contribution is -2.27. The standard InChI is InChI=1S/C19H24N2O4S2/c1-5-19(22)20-17-12-16(10-11-18(17)25-3)27(23,24)21-13(2)14-6-8-15(26-4)9-7-14/h6-13,21H,5H2,1-4H3,(H,20,22)/t13-/m1/s1. The van der Waals surface area contributed by atoms with Crippen LogP contribution in [0.5, 0.6) is 5.75 Å². The first-order valence-corrected chi connectivity index (χ1v) is 11.2. The minimum atomic E-state index is -3.78. The third-order valence-electron chi connectivity index (χ3n) is 4.02. The molecule has 0 spiro atoms. The number of hydrogen-bond acceptors (Lipinski definition) is 5. The Morgan fingerprint density at radius 1 is 1.19 bits per heavy atom. The van der Waals surface area contributed by atoms with Crippen LogP contribution in [0.3, 0.4) is 0 Å². The Labute approximate surface area is 164 Å². The molecule has 1 atom stereocenters. The zero-order chi connectivity index (χ0) is 20.0. The molecule has 6 nitrogen and oxygen atoms in total. The maximum Gasteiger partial charge on any atom is 0.241 e. The van der Waals surface area contributed by atoms with Crippen molar-refractivity contribution in [3.8, 4) is 5.75 Å². The second kappa shape index (κ2) is 9.25. The fraction of sp³-hybridized carbons (Fsp3) is 0.316. The molecule has 0 saturated heterocycles. The molecule has 0 aromatic heterocycles. The fourth-order valence-electron chi connectivity index (χ4n) is 2.45. The number of sulfonamides is 1. The molecule has 0 aliphatic heterocycles. The van der Waals surface area contributed by atoms with Gasteiger partial charge in [0, 0.05) is 17.4 Å². The van der Waals surface area contributed by atoms with E-state index in [2.05, 4.69) is 10.0 Å². The van der Waals surface area contributed by atoms with E-state index in [1.165, 1.54) is 25.3 Å². The molecular weight excluding hydrogens is 384 g/mol. The summed E-state index contributed by atoms with van der Waals surface area (Å²) in [5.74, 6) is 0.175. The molecule has 0 aliphatic rings. The van der Waals surface area contributed by atoms with Crippen LogP contribution >= 0.6 is 11.8 Å². The molecule has 2 rings (SSSR count). The summed E-state index contributed by atoms with van der Waals surface area (Å²) >= 11 is 1.63. The summed E-state index contributed by atoms with van der Waals surface area (Å²) in [4.78, 5) is 12.9. The van der Waals surface area contributed by atoms with E-state index in [-0.39, 0.29) is 17.2 Å². The van der Waals surface area contributed by atoms with Crippen molar-refractivity contribution in [1.29, 1.82) is 0 Å². The first kappa shape index (κ1) is 21.3. The van der Waals surface area contributed by atoms with E-state index in [4.69, 9.17) is 4.74 Å². The van der Waals surface area contributed by atoms with Crippen LogP contribution < -0.4 is 14.8 Å². The molecule has 0 unspecified atom stereocenters. The Balaban J connectivity index is 2.26. The first-order valence-electron chi connectivity index (χ1n) is 8.45. The van der Waals surface area contributed by atoms with E-state index in [1.807, 2.05) is 30.5 Å². The van der Waals surface area contributed by atoms with Gasteiger partial charge in [-0.3, -0.25) is 4.79 Å². The molecule has 27 heavy (non-hydrogen) atoms. The molecule has 0 aliphatic carbocycles. The molecule has 2 aromatic carbocycles. The smallest absolute Gasteiger partial charge is 0.241 e. The molecule has 0 bridgehead atoms. The molecule has 0 radical (unpaired) electrons. The third-order valence-corrected chi connectivity index (χ3v) is 6.31. The Bertz CT molecular complexity index is 896. The second-order valence-electron chi connectivity index (χ2n) is 5.88. The molecule has 0 saturated carbocycles. The summed E-state index contributed by atoms with van der Waals surface area (Å²) in [5, 5.41) is 2.66. The second-order valence-corrected chi connectivity index (χ2v) is 8.47. The monoisotopic (exact) mass is 408 g/mol. The van der Waals surface area contributed by atoms with Gasteiger partial charge in [0.05, 0.1) is 17.7 Å². The average molecular weight is 409 g/mol. The lowest BCUT2D eigenvalue weighted by molar-refractivity contribution is -0.115. The van der Waals surface area contributed by atoms with Gasteiger partial charge in [0.1, 0.15) is 5.75 Å². The van der Waals surface area contributed by atoms with Crippen LogP contribution in [0, 0.1) is 0 Å². The highest BCUT2D eigenvalue weighted by molar-refractivity contribution is 7.98. The maximum atomic E-state index is 12.8. The number of thioether (sulfide) groups is 1. The van der Waals surface area contributed by atoms with Gasteiger partial charge in [-0.2, -0.15) is 0 Å². The van der Waals surface area contributed by atoms with Crippen molar-refractivity contribution in [2.24, 2.45) is 0 Å². The summed E-state index contributed by atoms with van der Waals surface area (Å²) in [7, 11) is -2.31. The molecule has 2 aromatic rings. The average Bonchev–Trinajstić information content (AvgIpc) is 2.67. The number of benzene rings is 2. The van der Waals surface area contributed by atoms with Crippen molar-refractivity contribution in [3.05, 3.63) is 48.0 Å². The van der Waals surface area contributed by atoms with Crippen molar-refractivity contribution in [2.75, 3.05) is 18.7 Å². The van der Waals surface area contributed by atoms with Gasteiger partial charge in [-0.1, -0.05) is 19.1 Å². The summed E-state index contributed by atoms with van der Waals surface area (Å²) in [6.07, 6.45) is 2.27. The predicted molar refractivity (Wildman–Crippen MR) is 109 cm³/mol. The van der Waals surface area contributed by atoms with Crippen LogP contribution in [0.2, 0.25) is 0 Å². The minimum absolute atomic E-state index is 0.0577. The van der Waals surface area contributed by atoms with Crippen LogP contribution in [0.1, 0.15) is 31.9 Å². The van der Waals surface area contributed by atoms with Gasteiger partial charge >= 0.3 is 0 Å². The van der Waals surface area contributed by atoms with Crippen molar-refractivity contribution < 1.29 is 17.9 Å². The summed E-state index contributed by atoms with van der Waals surface area (Å²) < 4.78 is 33.4. The highest BCUT2D eigenvalue weighted by Crippen LogP contribution is 2.28. The Morgan fingerprint density at radius 3 is 2.41 bits per heavy atom. The van der Waals surface area contributed by atoms with Crippen molar-refractivity contribution >= 4 is 33.4 Å². The van der Waals surface area contributed by atoms with Crippen molar-refractivity contribution in [2.45, 2.75) is 36.1 Å². The summed E-state index contributed by atoms with van der Waals surface area (Å²) in [5.41, 5.74) is 1.19. The number of rotatable bonds is 8.